The number of amides is 5. The van der Waals surface area contributed by atoms with Gasteiger partial charge >= 0.3 is 10.2 Å². The number of likely N-dealkylation sites (tertiary alicyclic amines) is 2. The van der Waals surface area contributed by atoms with E-state index < -0.39 is 51.6 Å². The van der Waals surface area contributed by atoms with E-state index in [2.05, 4.69) is 66.8 Å². The Bertz CT molecular complexity index is 1770. The molecular weight excluding hydrogens is 795 g/mol. The van der Waals surface area contributed by atoms with E-state index in [1.807, 2.05) is 0 Å². The van der Waals surface area contributed by atoms with Crippen molar-refractivity contribution >= 4 is 39.7 Å². The molecule has 15 heteroatoms. The molecule has 0 bridgehead atoms. The van der Waals surface area contributed by atoms with Crippen molar-refractivity contribution in [3.05, 3.63) is 12.7 Å². The number of carbonyl (C=O) groups is 5. The molecule has 2 aliphatic heterocycles. The SMILES string of the molecule is C=C[C@@H]1C[C@]1(NC(=O)[C@@H]1C[C@@]2(CN1C(=O)[C@@H](NC(=O)C(NC(=O)[C@@H]1CCCN1CC)C1CCCCC1)C(CCC)CCC)C(C)(C)C21CCC1)C(=O)NS(=O)(=O)N(CC)CC. The molecule has 344 valence electrons. The Labute approximate surface area is 366 Å². The summed E-state index contributed by atoms with van der Waals surface area (Å²) in [5, 5.41) is 9.46. The van der Waals surface area contributed by atoms with Crippen molar-refractivity contribution < 1.29 is 32.4 Å². The van der Waals surface area contributed by atoms with Gasteiger partial charge in [-0.3, -0.25) is 28.9 Å². The van der Waals surface area contributed by atoms with Crippen molar-refractivity contribution in [2.24, 2.45) is 34.0 Å². The highest BCUT2D eigenvalue weighted by molar-refractivity contribution is 7.87. The smallest absolute Gasteiger partial charge is 0.303 e. The summed E-state index contributed by atoms with van der Waals surface area (Å²) in [6, 6.07) is -2.95. The summed E-state index contributed by atoms with van der Waals surface area (Å²) < 4.78 is 29.8. The zero-order chi connectivity index (χ0) is 44.5. The van der Waals surface area contributed by atoms with Crippen molar-refractivity contribution in [1.82, 2.24) is 34.8 Å². The van der Waals surface area contributed by atoms with Crippen LogP contribution in [0.4, 0.5) is 0 Å². The largest absolute Gasteiger partial charge is 0.343 e. The first kappa shape index (κ1) is 47.4. The van der Waals surface area contributed by atoms with Crippen LogP contribution in [0.2, 0.25) is 0 Å². The Morgan fingerprint density at radius 2 is 1.48 bits per heavy atom. The lowest BCUT2D eigenvalue weighted by Gasteiger charge is -2.36. The molecule has 2 saturated heterocycles. The molecule has 14 nitrogen and oxygen atoms in total. The average Bonchev–Trinajstić information content (AvgIpc) is 3.73. The average molecular weight is 872 g/mol. The van der Waals surface area contributed by atoms with E-state index >= 15 is 4.79 Å². The van der Waals surface area contributed by atoms with Gasteiger partial charge in [0.2, 0.25) is 23.6 Å². The summed E-state index contributed by atoms with van der Waals surface area (Å²) in [5.74, 6) is -2.86. The van der Waals surface area contributed by atoms with Crippen LogP contribution in [0.1, 0.15) is 151 Å². The van der Waals surface area contributed by atoms with Gasteiger partial charge in [0.15, 0.2) is 0 Å². The predicted octanol–water partition coefficient (Wildman–Crippen LogP) is 4.80. The normalized spacial score (nSPS) is 30.2. The molecule has 4 aliphatic carbocycles. The molecule has 0 radical (unpaired) electrons. The number of rotatable bonds is 20. The van der Waals surface area contributed by atoms with E-state index in [0.717, 1.165) is 94.4 Å². The number of hydrogen-bond acceptors (Lipinski definition) is 8. The van der Waals surface area contributed by atoms with Gasteiger partial charge in [-0.05, 0) is 100.0 Å². The van der Waals surface area contributed by atoms with E-state index in [-0.39, 0.29) is 71.4 Å². The first-order chi connectivity index (χ1) is 29.0. The second kappa shape index (κ2) is 18.6. The Morgan fingerprint density at radius 1 is 0.820 bits per heavy atom. The van der Waals surface area contributed by atoms with E-state index in [1.54, 1.807) is 24.8 Å². The highest BCUT2D eigenvalue weighted by atomic mass is 32.2. The second-order valence-electron chi connectivity index (χ2n) is 19.9. The first-order valence-electron chi connectivity index (χ1n) is 23.9. The lowest BCUT2D eigenvalue weighted by Crippen LogP contribution is -2.62. The molecule has 0 aromatic carbocycles. The molecule has 4 saturated carbocycles. The number of likely N-dealkylation sites (N-methyl/N-ethyl adjacent to an activating group) is 1. The molecule has 2 heterocycles. The van der Waals surface area contributed by atoms with Gasteiger partial charge in [-0.25, -0.2) is 4.72 Å². The predicted molar refractivity (Wildman–Crippen MR) is 236 cm³/mol. The molecule has 2 spiro atoms. The summed E-state index contributed by atoms with van der Waals surface area (Å²) in [6.45, 7) is 20.2. The minimum atomic E-state index is -4.17. The van der Waals surface area contributed by atoms with Crippen LogP contribution in [-0.2, 0) is 34.2 Å². The number of hydrogen-bond donors (Lipinski definition) is 4. The van der Waals surface area contributed by atoms with Gasteiger partial charge in [-0.1, -0.05) is 93.1 Å². The molecule has 6 rings (SSSR count). The van der Waals surface area contributed by atoms with Gasteiger partial charge in [0.1, 0.15) is 23.7 Å². The quantitative estimate of drug-likeness (QED) is 0.126. The van der Waals surface area contributed by atoms with Gasteiger partial charge in [0, 0.05) is 31.0 Å². The highest BCUT2D eigenvalue weighted by Crippen LogP contribution is 2.88. The molecular formula is C46H77N7O7S. The summed E-state index contributed by atoms with van der Waals surface area (Å²) in [4.78, 5) is 77.0. The monoisotopic (exact) mass is 872 g/mol. The molecule has 7 atom stereocenters. The van der Waals surface area contributed by atoms with Crippen LogP contribution in [0.3, 0.4) is 0 Å². The van der Waals surface area contributed by atoms with Gasteiger partial charge in [-0.2, -0.15) is 12.7 Å². The number of carbonyl (C=O) groups excluding carboxylic acids is 5. The molecule has 5 amide bonds. The minimum Gasteiger partial charge on any atom is -0.343 e. The second-order valence-corrected chi connectivity index (χ2v) is 21.5. The molecule has 1 unspecified atom stereocenters. The molecule has 61 heavy (non-hydrogen) atoms. The van der Waals surface area contributed by atoms with E-state index in [1.165, 1.54) is 0 Å². The van der Waals surface area contributed by atoms with Gasteiger partial charge in [-0.15, -0.1) is 6.58 Å². The molecule has 0 aromatic heterocycles. The van der Waals surface area contributed by atoms with Crippen LogP contribution >= 0.6 is 0 Å². The number of nitrogens with one attached hydrogen (secondary N) is 4. The standard InChI is InChI=1S/C46H77N7O7S/c1-9-20-31(21-10-2)37(48-40(56)36(32-22-16-15-17-23-32)47-38(54)34-24-18-27-51(34)12-4)41(57)53-30-45(43(7,8)44(45)25-19-26-44)29-35(53)39(55)49-46(28-33(46)11-3)42(58)50-61(59,60)52(13-5)14-6/h11,31-37H,3,9-10,12-30H2,1-2,4-8H3,(H,47,54)(H,48,56)(H,49,55)(H,50,58)/t33-,34+,35+,36?,37+,45-,46-/m1/s1. The van der Waals surface area contributed by atoms with Crippen LogP contribution in [0, 0.1) is 34.0 Å². The third kappa shape index (κ3) is 8.42. The third-order valence-corrected chi connectivity index (χ3v) is 18.5. The van der Waals surface area contributed by atoms with Crippen LogP contribution < -0.4 is 20.7 Å². The maximum Gasteiger partial charge on any atom is 0.303 e. The lowest BCUT2D eigenvalue weighted by atomic mass is 9.73. The van der Waals surface area contributed by atoms with E-state index in [9.17, 15) is 27.6 Å². The summed E-state index contributed by atoms with van der Waals surface area (Å²) in [6.07, 6.45) is 14.6. The van der Waals surface area contributed by atoms with E-state index in [4.69, 9.17) is 0 Å². The first-order valence-corrected chi connectivity index (χ1v) is 25.3. The third-order valence-electron chi connectivity index (χ3n) is 16.8. The minimum absolute atomic E-state index is 0.0162. The fourth-order valence-electron chi connectivity index (χ4n) is 12.9. The number of fused-ring (bicyclic) bond motifs is 1. The fourth-order valence-corrected chi connectivity index (χ4v) is 14.1. The Kier molecular flexibility index (Phi) is 14.5. The highest BCUT2D eigenvalue weighted by Gasteiger charge is 2.85. The van der Waals surface area contributed by atoms with Crippen LogP contribution in [0.15, 0.2) is 12.7 Å². The molecule has 0 aromatic rings. The van der Waals surface area contributed by atoms with Gasteiger partial charge < -0.3 is 20.9 Å². The molecule has 6 fully saturated rings. The lowest BCUT2D eigenvalue weighted by molar-refractivity contribution is -0.144. The molecule has 6 aliphatic rings. The maximum atomic E-state index is 15.6. The Hall–Kier alpha value is -3.04. The van der Waals surface area contributed by atoms with Crippen molar-refractivity contribution in [3.8, 4) is 0 Å². The van der Waals surface area contributed by atoms with Crippen LogP contribution in [-0.4, -0.2) is 114 Å². The zero-order valence-corrected chi connectivity index (χ0v) is 39.1. The Balaban J connectivity index is 1.32. The van der Waals surface area contributed by atoms with Crippen molar-refractivity contribution in [3.63, 3.8) is 0 Å². The number of nitrogens with zero attached hydrogens (tertiary/aromatic N) is 3. The Morgan fingerprint density at radius 3 is 2.00 bits per heavy atom. The molecule has 4 N–H and O–H groups in total. The van der Waals surface area contributed by atoms with Crippen LogP contribution in [0.25, 0.3) is 0 Å². The summed E-state index contributed by atoms with van der Waals surface area (Å²) in [5.41, 5.74) is -2.02. The summed E-state index contributed by atoms with van der Waals surface area (Å²) in [7, 11) is -4.17. The van der Waals surface area contributed by atoms with Crippen LogP contribution in [0.5, 0.6) is 0 Å². The van der Waals surface area contributed by atoms with Gasteiger partial charge in [0.05, 0.1) is 6.04 Å². The fraction of sp³-hybridized carbons (Fsp3) is 0.848. The van der Waals surface area contributed by atoms with Crippen molar-refractivity contribution in [2.45, 2.75) is 181 Å². The van der Waals surface area contributed by atoms with Crippen molar-refractivity contribution in [2.75, 3.05) is 32.7 Å². The summed E-state index contributed by atoms with van der Waals surface area (Å²) >= 11 is 0. The topological polar surface area (TPSA) is 177 Å². The van der Waals surface area contributed by atoms with Crippen molar-refractivity contribution in [1.29, 1.82) is 0 Å². The zero-order valence-electron chi connectivity index (χ0n) is 38.3. The van der Waals surface area contributed by atoms with E-state index in [0.29, 0.717) is 25.8 Å². The van der Waals surface area contributed by atoms with Gasteiger partial charge in [0.25, 0.3) is 5.91 Å². The maximum absolute atomic E-state index is 15.6.